The zero-order valence-corrected chi connectivity index (χ0v) is 9.17. The Morgan fingerprint density at radius 3 is 2.35 bits per heavy atom. The minimum atomic E-state index is -4.73. The van der Waals surface area contributed by atoms with E-state index in [1.807, 2.05) is 0 Å². The number of pyridine rings is 1. The predicted molar refractivity (Wildman–Crippen MR) is 48.8 cm³/mol. The van der Waals surface area contributed by atoms with Crippen LogP contribution in [0.5, 0.6) is 0 Å². The third kappa shape index (κ3) is 2.82. The van der Waals surface area contributed by atoms with Crippen LogP contribution in [0, 0.1) is 15.9 Å². The van der Waals surface area contributed by atoms with Gasteiger partial charge in [-0.1, -0.05) is 0 Å². The van der Waals surface area contributed by atoms with Gasteiger partial charge in [0, 0.05) is 10.7 Å². The Hall–Kier alpha value is -1.42. The van der Waals surface area contributed by atoms with Crippen LogP contribution < -0.4 is 0 Å². The van der Waals surface area contributed by atoms with Crippen LogP contribution >= 0.6 is 10.7 Å². The van der Waals surface area contributed by atoms with Crippen LogP contribution in [0.1, 0.15) is 12.1 Å². The van der Waals surface area contributed by atoms with E-state index in [1.165, 1.54) is 0 Å². The average molecular weight is 291 g/mol. The molecule has 0 amide bonds. The Kier molecular flexibility index (Phi) is 3.57. The van der Waals surface area contributed by atoms with Crippen molar-refractivity contribution in [1.82, 2.24) is 4.98 Å². The van der Waals surface area contributed by atoms with Crippen molar-refractivity contribution in [2.24, 2.45) is 0 Å². The molecule has 0 aliphatic carbocycles. The number of hydrogen-bond donors (Lipinski definition) is 0. The predicted octanol–water partition coefficient (Wildman–Crippen LogP) is 1.99. The molecular formula is C6H2ClF3N2O4S. The Morgan fingerprint density at radius 2 is 2.00 bits per heavy atom. The number of hydrogen-bond acceptors (Lipinski definition) is 5. The molecule has 0 aliphatic rings. The molecule has 1 rings (SSSR count). The summed E-state index contributed by atoms with van der Waals surface area (Å²) in [5, 5.41) is 8.97. The van der Waals surface area contributed by atoms with Crippen molar-refractivity contribution in [3.8, 4) is 0 Å². The second kappa shape index (κ2) is 4.45. The molecule has 17 heavy (non-hydrogen) atoms. The fraction of sp³-hybridized carbons (Fsp3) is 0.167. The largest absolute Gasteiger partial charge is 0.310 e. The van der Waals surface area contributed by atoms with Gasteiger partial charge in [0.25, 0.3) is 15.5 Å². The molecule has 0 N–H and O–H groups in total. The lowest BCUT2D eigenvalue weighted by molar-refractivity contribution is -0.388. The smallest absolute Gasteiger partial charge is 0.258 e. The molecule has 6 nitrogen and oxygen atoms in total. The van der Waals surface area contributed by atoms with E-state index in [9.17, 15) is 31.7 Å². The van der Waals surface area contributed by atoms with Gasteiger partial charge in [-0.2, -0.15) is 0 Å². The number of halogens is 4. The molecule has 1 aromatic heterocycles. The Morgan fingerprint density at radius 1 is 1.47 bits per heavy atom. The van der Waals surface area contributed by atoms with Gasteiger partial charge in [-0.25, -0.2) is 26.6 Å². The first kappa shape index (κ1) is 13.6. The van der Waals surface area contributed by atoms with Gasteiger partial charge in [-0.3, -0.25) is 10.1 Å². The van der Waals surface area contributed by atoms with E-state index in [2.05, 4.69) is 4.98 Å². The van der Waals surface area contributed by atoms with Gasteiger partial charge in [-0.15, -0.1) is 0 Å². The first-order chi connectivity index (χ1) is 7.64. The summed E-state index contributed by atoms with van der Waals surface area (Å²) in [6.45, 7) is 0. The summed E-state index contributed by atoms with van der Waals surface area (Å²) >= 11 is 0. The number of rotatable bonds is 3. The molecule has 0 bridgehead atoms. The molecule has 0 fully saturated rings. The Labute approximate surface area is 96.6 Å². The van der Waals surface area contributed by atoms with Crippen LogP contribution in [0.4, 0.5) is 18.9 Å². The van der Waals surface area contributed by atoms with Crippen molar-refractivity contribution in [1.29, 1.82) is 0 Å². The van der Waals surface area contributed by atoms with Crippen LogP contribution in [-0.2, 0) is 9.05 Å². The zero-order chi connectivity index (χ0) is 13.4. The van der Waals surface area contributed by atoms with Gasteiger partial charge in [-0.05, 0) is 0 Å². The van der Waals surface area contributed by atoms with E-state index >= 15 is 0 Å². The lowest BCUT2D eigenvalue weighted by Gasteiger charge is -2.03. The maximum Gasteiger partial charge on any atom is 0.310 e. The number of nitro groups is 1. The molecule has 1 aromatic rings. The molecular weight excluding hydrogens is 289 g/mol. The number of nitrogens with zero attached hydrogens (tertiary/aromatic N) is 2. The summed E-state index contributed by atoms with van der Waals surface area (Å²) < 4.78 is 59.1. The van der Waals surface area contributed by atoms with Gasteiger partial charge in [0.1, 0.15) is 5.69 Å². The highest BCUT2D eigenvalue weighted by atomic mass is 35.7. The fourth-order valence-corrected chi connectivity index (χ4v) is 1.87. The highest BCUT2D eigenvalue weighted by molar-refractivity contribution is 8.13. The molecule has 0 spiro atoms. The highest BCUT2D eigenvalue weighted by Crippen LogP contribution is 2.30. The van der Waals surface area contributed by atoms with Gasteiger partial charge in [0.15, 0.2) is 5.82 Å². The van der Waals surface area contributed by atoms with Crippen LogP contribution in [0.25, 0.3) is 0 Å². The summed E-state index contributed by atoms with van der Waals surface area (Å²) in [6, 6.07) is 0.0315. The molecule has 94 valence electrons. The third-order valence-corrected chi connectivity index (χ3v) is 2.78. The molecule has 0 unspecified atom stereocenters. The molecule has 0 aromatic carbocycles. The maximum atomic E-state index is 12.9. The molecule has 11 heteroatoms. The van der Waals surface area contributed by atoms with Gasteiger partial charge < -0.3 is 0 Å². The Bertz CT molecular complexity index is 577. The minimum Gasteiger partial charge on any atom is -0.258 e. The van der Waals surface area contributed by atoms with E-state index in [4.69, 9.17) is 10.7 Å². The van der Waals surface area contributed by atoms with E-state index in [0.29, 0.717) is 0 Å². The quantitative estimate of drug-likeness (QED) is 0.482. The maximum absolute atomic E-state index is 12.9. The lowest BCUT2D eigenvalue weighted by Crippen LogP contribution is -2.07. The van der Waals surface area contributed by atoms with Gasteiger partial charge in [0.2, 0.25) is 5.03 Å². The molecule has 0 saturated heterocycles. The molecule has 0 saturated carbocycles. The highest BCUT2D eigenvalue weighted by Gasteiger charge is 2.31. The van der Waals surface area contributed by atoms with Crippen molar-refractivity contribution < 1.29 is 26.5 Å². The van der Waals surface area contributed by atoms with Gasteiger partial charge >= 0.3 is 5.69 Å². The van der Waals surface area contributed by atoms with Crippen LogP contribution in [0.3, 0.4) is 0 Å². The summed E-state index contributed by atoms with van der Waals surface area (Å²) in [7, 11) is 0.0429. The Balaban J connectivity index is 3.66. The second-order valence-electron chi connectivity index (χ2n) is 2.68. The third-order valence-electron chi connectivity index (χ3n) is 1.58. The van der Waals surface area contributed by atoms with Crippen LogP contribution in [-0.4, -0.2) is 18.3 Å². The standard InChI is InChI=1S/C6H2ClF3N2O4S/c7-17(15,16)6-3(12(13)14)1-2(8)4(11-6)5(9)10/h1,5H. The zero-order valence-electron chi connectivity index (χ0n) is 7.60. The van der Waals surface area contributed by atoms with Crippen molar-refractivity contribution in [3.05, 3.63) is 27.7 Å². The molecule has 0 radical (unpaired) electrons. The first-order valence-corrected chi connectivity index (χ1v) is 6.03. The van der Waals surface area contributed by atoms with Crippen molar-refractivity contribution in [2.45, 2.75) is 11.5 Å². The summed E-state index contributed by atoms with van der Waals surface area (Å²) in [4.78, 5) is 11.8. The second-order valence-corrected chi connectivity index (χ2v) is 5.16. The average Bonchev–Trinajstić information content (AvgIpc) is 2.14. The number of aromatic nitrogens is 1. The van der Waals surface area contributed by atoms with E-state index in [0.717, 1.165) is 0 Å². The summed E-state index contributed by atoms with van der Waals surface area (Å²) in [5.74, 6) is -1.68. The van der Waals surface area contributed by atoms with E-state index in [-0.39, 0.29) is 6.07 Å². The normalized spacial score (nSPS) is 11.8. The number of alkyl halides is 2. The fourth-order valence-electron chi connectivity index (χ4n) is 0.939. The monoisotopic (exact) mass is 290 g/mol. The minimum absolute atomic E-state index is 0.0315. The lowest BCUT2D eigenvalue weighted by atomic mass is 10.3. The molecule has 0 atom stereocenters. The topological polar surface area (TPSA) is 90.2 Å². The van der Waals surface area contributed by atoms with Crippen LogP contribution in [0.15, 0.2) is 11.1 Å². The van der Waals surface area contributed by atoms with Crippen molar-refractivity contribution >= 4 is 25.4 Å². The van der Waals surface area contributed by atoms with Crippen molar-refractivity contribution in [2.75, 3.05) is 0 Å². The van der Waals surface area contributed by atoms with Crippen LogP contribution in [0.2, 0.25) is 0 Å². The van der Waals surface area contributed by atoms with E-state index in [1.54, 1.807) is 0 Å². The molecule has 1 heterocycles. The van der Waals surface area contributed by atoms with E-state index < -0.39 is 42.6 Å². The summed E-state index contributed by atoms with van der Waals surface area (Å²) in [6.07, 6.45) is -3.42. The van der Waals surface area contributed by atoms with Gasteiger partial charge in [0.05, 0.1) is 11.0 Å². The SMILES string of the molecule is O=[N+]([O-])c1cc(F)c(C(F)F)nc1S(=O)(=O)Cl. The summed E-state index contributed by atoms with van der Waals surface area (Å²) in [5.41, 5.74) is -2.82. The molecule has 0 aliphatic heterocycles. The van der Waals surface area contributed by atoms with Crippen molar-refractivity contribution in [3.63, 3.8) is 0 Å². The first-order valence-electron chi connectivity index (χ1n) is 3.72.